The second-order valence-electron chi connectivity index (χ2n) is 8.08. The standard InChI is InChI=1S/C20H24ClN7O2/c1-20(2,3)30-19(29)28-9-7-27(8-10-28)18-15-16(22-12-23-17(15)25-26-18)24-14-6-4-5-13(21)11-14/h4-6,11-12H,7-10H2,1-3H3,(H2,22,23,24,25,26). The molecule has 2 aromatic heterocycles. The molecule has 0 saturated carbocycles. The molecule has 1 aliphatic rings. The molecule has 10 heteroatoms. The lowest BCUT2D eigenvalue weighted by Gasteiger charge is -2.35. The van der Waals surface area contributed by atoms with Crippen molar-refractivity contribution in [1.29, 1.82) is 0 Å². The number of carbonyl (C=O) groups excluding carboxylic acids is 1. The lowest BCUT2D eigenvalue weighted by Crippen LogP contribution is -2.50. The van der Waals surface area contributed by atoms with Crippen molar-refractivity contribution < 1.29 is 9.53 Å². The number of carbonyl (C=O) groups is 1. The normalized spacial score (nSPS) is 14.8. The number of aromatic amines is 1. The number of benzene rings is 1. The van der Waals surface area contributed by atoms with Crippen molar-refractivity contribution in [1.82, 2.24) is 25.1 Å². The van der Waals surface area contributed by atoms with Crippen molar-refractivity contribution in [2.24, 2.45) is 0 Å². The molecular weight excluding hydrogens is 406 g/mol. The highest BCUT2D eigenvalue weighted by Gasteiger charge is 2.28. The average Bonchev–Trinajstić information content (AvgIpc) is 3.12. The van der Waals surface area contributed by atoms with Gasteiger partial charge < -0.3 is 19.9 Å². The van der Waals surface area contributed by atoms with Gasteiger partial charge in [0.25, 0.3) is 0 Å². The Morgan fingerprint density at radius 2 is 1.97 bits per heavy atom. The zero-order valence-electron chi connectivity index (χ0n) is 17.1. The van der Waals surface area contributed by atoms with Gasteiger partial charge in [0, 0.05) is 36.9 Å². The van der Waals surface area contributed by atoms with E-state index in [0.717, 1.165) is 16.9 Å². The van der Waals surface area contributed by atoms with E-state index in [-0.39, 0.29) is 6.09 Å². The molecule has 0 radical (unpaired) electrons. The summed E-state index contributed by atoms with van der Waals surface area (Å²) in [5.41, 5.74) is 0.952. The monoisotopic (exact) mass is 429 g/mol. The van der Waals surface area contributed by atoms with Gasteiger partial charge in [0.2, 0.25) is 0 Å². The Hall–Kier alpha value is -3.07. The number of hydrogen-bond donors (Lipinski definition) is 2. The van der Waals surface area contributed by atoms with Crippen LogP contribution in [0.2, 0.25) is 5.02 Å². The zero-order valence-corrected chi connectivity index (χ0v) is 17.9. The summed E-state index contributed by atoms with van der Waals surface area (Å²) in [4.78, 5) is 24.9. The van der Waals surface area contributed by atoms with Gasteiger partial charge in [0.15, 0.2) is 11.5 Å². The maximum absolute atomic E-state index is 12.3. The number of rotatable bonds is 3. The first-order valence-electron chi connectivity index (χ1n) is 9.75. The van der Waals surface area contributed by atoms with Crippen LogP contribution in [0.3, 0.4) is 0 Å². The van der Waals surface area contributed by atoms with Gasteiger partial charge in [-0.15, -0.1) is 0 Å². The number of ether oxygens (including phenoxy) is 1. The van der Waals surface area contributed by atoms with Gasteiger partial charge in [-0.05, 0) is 39.0 Å². The predicted molar refractivity (Wildman–Crippen MR) is 116 cm³/mol. The molecule has 9 nitrogen and oxygen atoms in total. The van der Waals surface area contributed by atoms with Crippen LogP contribution in [0, 0.1) is 0 Å². The molecule has 158 valence electrons. The van der Waals surface area contributed by atoms with Crippen molar-refractivity contribution >= 4 is 46.1 Å². The summed E-state index contributed by atoms with van der Waals surface area (Å²) >= 11 is 6.10. The van der Waals surface area contributed by atoms with Crippen molar-refractivity contribution in [3.63, 3.8) is 0 Å². The van der Waals surface area contributed by atoms with Crippen molar-refractivity contribution in [3.8, 4) is 0 Å². The molecule has 1 amide bonds. The number of fused-ring (bicyclic) bond motifs is 1. The molecule has 1 fully saturated rings. The Labute approximate surface area is 179 Å². The van der Waals surface area contributed by atoms with E-state index in [0.29, 0.717) is 42.7 Å². The second kappa shape index (κ2) is 7.98. The number of aromatic nitrogens is 4. The largest absolute Gasteiger partial charge is 0.444 e. The summed E-state index contributed by atoms with van der Waals surface area (Å²) < 4.78 is 5.47. The van der Waals surface area contributed by atoms with E-state index in [1.165, 1.54) is 6.33 Å². The van der Waals surface area contributed by atoms with Crippen LogP contribution in [-0.2, 0) is 4.74 Å². The van der Waals surface area contributed by atoms with Crippen LogP contribution in [0.5, 0.6) is 0 Å². The third-order valence-corrected chi connectivity index (χ3v) is 4.89. The fourth-order valence-electron chi connectivity index (χ4n) is 3.30. The molecule has 3 aromatic rings. The number of anilines is 3. The quantitative estimate of drug-likeness (QED) is 0.653. The van der Waals surface area contributed by atoms with Crippen LogP contribution >= 0.6 is 11.6 Å². The topological polar surface area (TPSA) is 99.3 Å². The fraction of sp³-hybridized carbons (Fsp3) is 0.400. The molecule has 3 heterocycles. The van der Waals surface area contributed by atoms with Crippen molar-refractivity contribution in [2.75, 3.05) is 36.4 Å². The fourth-order valence-corrected chi connectivity index (χ4v) is 3.49. The van der Waals surface area contributed by atoms with Gasteiger partial charge in [-0.1, -0.05) is 17.7 Å². The molecule has 0 aliphatic carbocycles. The average molecular weight is 430 g/mol. The number of nitrogens with zero attached hydrogens (tertiary/aromatic N) is 5. The molecule has 30 heavy (non-hydrogen) atoms. The summed E-state index contributed by atoms with van der Waals surface area (Å²) in [6.45, 7) is 7.96. The van der Waals surface area contributed by atoms with Gasteiger partial charge in [-0.3, -0.25) is 5.10 Å². The minimum Gasteiger partial charge on any atom is -0.444 e. The van der Waals surface area contributed by atoms with E-state index in [1.807, 2.05) is 45.0 Å². The predicted octanol–water partition coefficient (Wildman–Crippen LogP) is 3.81. The molecule has 2 N–H and O–H groups in total. The lowest BCUT2D eigenvalue weighted by atomic mass is 10.2. The van der Waals surface area contributed by atoms with E-state index in [4.69, 9.17) is 16.3 Å². The van der Waals surface area contributed by atoms with Crippen molar-refractivity contribution in [2.45, 2.75) is 26.4 Å². The minimum atomic E-state index is -0.509. The van der Waals surface area contributed by atoms with Crippen LogP contribution < -0.4 is 10.2 Å². The number of hydrogen-bond acceptors (Lipinski definition) is 7. The maximum Gasteiger partial charge on any atom is 0.410 e. The third kappa shape index (κ3) is 4.40. The van der Waals surface area contributed by atoms with Crippen molar-refractivity contribution in [3.05, 3.63) is 35.6 Å². The Morgan fingerprint density at radius 3 is 2.67 bits per heavy atom. The summed E-state index contributed by atoms with van der Waals surface area (Å²) in [7, 11) is 0. The summed E-state index contributed by atoms with van der Waals surface area (Å²) in [6.07, 6.45) is 1.19. The highest BCUT2D eigenvalue weighted by Crippen LogP contribution is 2.31. The third-order valence-electron chi connectivity index (χ3n) is 4.66. The first-order valence-corrected chi connectivity index (χ1v) is 10.1. The second-order valence-corrected chi connectivity index (χ2v) is 8.52. The van der Waals surface area contributed by atoms with E-state index < -0.39 is 5.60 Å². The van der Waals surface area contributed by atoms with E-state index >= 15 is 0 Å². The highest BCUT2D eigenvalue weighted by molar-refractivity contribution is 6.30. The summed E-state index contributed by atoms with van der Waals surface area (Å²) in [5, 5.41) is 12.2. The van der Waals surface area contributed by atoms with Crippen LogP contribution in [-0.4, -0.2) is 62.9 Å². The molecule has 1 aromatic carbocycles. The number of nitrogens with one attached hydrogen (secondary N) is 2. The first-order chi connectivity index (χ1) is 14.3. The zero-order chi connectivity index (χ0) is 21.3. The van der Waals surface area contributed by atoms with Crippen LogP contribution in [0.25, 0.3) is 11.0 Å². The van der Waals surface area contributed by atoms with E-state index in [1.54, 1.807) is 4.90 Å². The minimum absolute atomic E-state index is 0.291. The first kappa shape index (κ1) is 20.2. The Bertz CT molecular complexity index is 1050. The molecule has 0 bridgehead atoms. The van der Waals surface area contributed by atoms with Gasteiger partial charge in [0.05, 0.1) is 0 Å². The van der Waals surface area contributed by atoms with Gasteiger partial charge in [0.1, 0.15) is 23.1 Å². The highest BCUT2D eigenvalue weighted by atomic mass is 35.5. The smallest absolute Gasteiger partial charge is 0.410 e. The summed E-state index contributed by atoms with van der Waals surface area (Å²) in [6, 6.07) is 7.43. The Balaban J connectivity index is 1.54. The number of piperazine rings is 1. The number of halogens is 1. The summed E-state index contributed by atoms with van der Waals surface area (Å²) in [5.74, 6) is 1.39. The maximum atomic E-state index is 12.3. The number of amides is 1. The molecule has 0 atom stereocenters. The van der Waals surface area contributed by atoms with Crippen LogP contribution in [0.4, 0.5) is 22.1 Å². The molecular formula is C20H24ClN7O2. The molecule has 1 saturated heterocycles. The molecule has 0 unspecified atom stereocenters. The molecule has 4 rings (SSSR count). The SMILES string of the molecule is CC(C)(C)OC(=O)N1CCN(c2n[nH]c3ncnc(Nc4cccc(Cl)c4)c23)CC1. The Kier molecular flexibility index (Phi) is 5.38. The van der Waals surface area contributed by atoms with Crippen LogP contribution in [0.15, 0.2) is 30.6 Å². The molecule has 1 aliphatic heterocycles. The van der Waals surface area contributed by atoms with E-state index in [2.05, 4.69) is 30.4 Å². The van der Waals surface area contributed by atoms with Gasteiger partial charge >= 0.3 is 6.09 Å². The number of H-pyrrole nitrogens is 1. The molecule has 0 spiro atoms. The van der Waals surface area contributed by atoms with Gasteiger partial charge in [-0.25, -0.2) is 14.8 Å². The lowest BCUT2D eigenvalue weighted by molar-refractivity contribution is 0.0240. The van der Waals surface area contributed by atoms with Crippen LogP contribution in [0.1, 0.15) is 20.8 Å². The van der Waals surface area contributed by atoms with Gasteiger partial charge in [-0.2, -0.15) is 5.10 Å². The Morgan fingerprint density at radius 1 is 1.20 bits per heavy atom. The van der Waals surface area contributed by atoms with E-state index in [9.17, 15) is 4.79 Å².